The smallest absolute Gasteiger partial charge is 0.339 e. The van der Waals surface area contributed by atoms with Gasteiger partial charge in [0, 0.05) is 18.7 Å². The fourth-order valence-electron chi connectivity index (χ4n) is 2.73. The molecule has 0 heterocycles. The number of carbonyl (C=O) groups is 2. The molecule has 1 amide bonds. The molecular weight excluding hydrogens is 346 g/mol. The second kappa shape index (κ2) is 9.62. The first-order chi connectivity index (χ1) is 13.0. The Hall–Kier alpha value is -3.02. The highest BCUT2D eigenvalue weighted by molar-refractivity contribution is 5.93. The quantitative estimate of drug-likeness (QED) is 0.665. The maximum Gasteiger partial charge on any atom is 0.339 e. The van der Waals surface area contributed by atoms with Gasteiger partial charge in [0.2, 0.25) is 6.10 Å². The van der Waals surface area contributed by atoms with Crippen molar-refractivity contribution in [1.29, 1.82) is 0 Å². The maximum atomic E-state index is 12.9. The number of methoxy groups -OCH3 is 2. The lowest BCUT2D eigenvalue weighted by Crippen LogP contribution is -2.36. The Morgan fingerprint density at radius 3 is 2.11 bits per heavy atom. The molecular formula is C21H25NO5. The Bertz CT molecular complexity index is 771. The lowest BCUT2D eigenvalue weighted by molar-refractivity contribution is -0.140. The summed E-state index contributed by atoms with van der Waals surface area (Å²) in [4.78, 5) is 27.2. The van der Waals surface area contributed by atoms with Gasteiger partial charge in [-0.1, -0.05) is 30.3 Å². The number of likely N-dealkylation sites (N-methyl/N-ethyl adjacent to an activating group) is 1. The van der Waals surface area contributed by atoms with Crippen molar-refractivity contribution in [1.82, 2.24) is 4.90 Å². The molecule has 0 aromatic heterocycles. The predicted octanol–water partition coefficient (Wildman–Crippen LogP) is 3.47. The summed E-state index contributed by atoms with van der Waals surface area (Å²) in [5, 5.41) is 0. The van der Waals surface area contributed by atoms with Crippen LogP contribution in [-0.2, 0) is 9.53 Å². The summed E-state index contributed by atoms with van der Waals surface area (Å²) >= 11 is 0. The van der Waals surface area contributed by atoms with Gasteiger partial charge in [-0.2, -0.15) is 0 Å². The molecule has 6 heteroatoms. The zero-order valence-corrected chi connectivity index (χ0v) is 16.1. The molecule has 1 atom stereocenters. The Morgan fingerprint density at radius 2 is 1.56 bits per heavy atom. The molecule has 27 heavy (non-hydrogen) atoms. The van der Waals surface area contributed by atoms with Crippen molar-refractivity contribution in [3.05, 3.63) is 59.7 Å². The topological polar surface area (TPSA) is 65.1 Å². The number of hydrogen-bond acceptors (Lipinski definition) is 5. The van der Waals surface area contributed by atoms with Gasteiger partial charge in [0.1, 0.15) is 0 Å². The average molecular weight is 371 g/mol. The van der Waals surface area contributed by atoms with Gasteiger partial charge < -0.3 is 19.1 Å². The maximum absolute atomic E-state index is 12.9. The largest absolute Gasteiger partial charge is 0.493 e. The monoisotopic (exact) mass is 371 g/mol. The third kappa shape index (κ3) is 4.78. The summed E-state index contributed by atoms with van der Waals surface area (Å²) in [6.07, 6.45) is -1.01. The molecule has 0 unspecified atom stereocenters. The van der Waals surface area contributed by atoms with E-state index in [1.54, 1.807) is 29.2 Å². The first-order valence-corrected chi connectivity index (χ1v) is 8.82. The third-order valence-electron chi connectivity index (χ3n) is 4.25. The second-order valence-corrected chi connectivity index (χ2v) is 5.78. The number of esters is 1. The summed E-state index contributed by atoms with van der Waals surface area (Å²) in [5.41, 5.74) is 0.907. The van der Waals surface area contributed by atoms with Crippen LogP contribution in [0.2, 0.25) is 0 Å². The van der Waals surface area contributed by atoms with Gasteiger partial charge in [0.25, 0.3) is 5.91 Å². The SMILES string of the molecule is CCN(CC)C(=O)[C@@H](OC(=O)c1ccc(OC)c(OC)c1)c1ccccc1. The molecule has 0 aliphatic rings. The van der Waals surface area contributed by atoms with E-state index in [9.17, 15) is 9.59 Å². The van der Waals surface area contributed by atoms with Gasteiger partial charge in [-0.15, -0.1) is 0 Å². The molecule has 0 saturated carbocycles. The van der Waals surface area contributed by atoms with E-state index in [-0.39, 0.29) is 11.5 Å². The molecule has 0 bridgehead atoms. The first-order valence-electron chi connectivity index (χ1n) is 8.82. The van der Waals surface area contributed by atoms with Gasteiger partial charge in [-0.3, -0.25) is 4.79 Å². The number of rotatable bonds is 8. The summed E-state index contributed by atoms with van der Waals surface area (Å²) in [6.45, 7) is 4.85. The number of benzene rings is 2. The van der Waals surface area contributed by atoms with Gasteiger partial charge in [0.15, 0.2) is 11.5 Å². The van der Waals surface area contributed by atoms with Crippen molar-refractivity contribution in [3.63, 3.8) is 0 Å². The van der Waals surface area contributed by atoms with Crippen LogP contribution in [0.1, 0.15) is 35.9 Å². The number of amides is 1. The minimum atomic E-state index is -1.01. The Morgan fingerprint density at radius 1 is 0.926 bits per heavy atom. The predicted molar refractivity (Wildman–Crippen MR) is 102 cm³/mol. The van der Waals surface area contributed by atoms with E-state index < -0.39 is 12.1 Å². The highest BCUT2D eigenvalue weighted by Gasteiger charge is 2.29. The molecule has 0 aliphatic carbocycles. The van der Waals surface area contributed by atoms with Gasteiger partial charge in [-0.05, 0) is 32.0 Å². The normalized spacial score (nSPS) is 11.4. The molecule has 0 N–H and O–H groups in total. The van der Waals surface area contributed by atoms with Crippen molar-refractivity contribution in [3.8, 4) is 11.5 Å². The van der Waals surface area contributed by atoms with Crippen LogP contribution in [0, 0.1) is 0 Å². The van der Waals surface area contributed by atoms with Crippen LogP contribution in [-0.4, -0.2) is 44.1 Å². The third-order valence-corrected chi connectivity index (χ3v) is 4.25. The van der Waals surface area contributed by atoms with Crippen molar-refractivity contribution < 1.29 is 23.8 Å². The molecule has 0 spiro atoms. The Kier molecular flexibility index (Phi) is 7.23. The van der Waals surface area contributed by atoms with Gasteiger partial charge in [0.05, 0.1) is 19.8 Å². The lowest BCUT2D eigenvalue weighted by atomic mass is 10.1. The van der Waals surface area contributed by atoms with E-state index in [4.69, 9.17) is 14.2 Å². The van der Waals surface area contributed by atoms with Crippen molar-refractivity contribution >= 4 is 11.9 Å². The fraction of sp³-hybridized carbons (Fsp3) is 0.333. The van der Waals surface area contributed by atoms with Crippen LogP contribution in [0.4, 0.5) is 0 Å². The first kappa shape index (κ1) is 20.3. The van der Waals surface area contributed by atoms with Crippen molar-refractivity contribution in [2.24, 2.45) is 0 Å². The highest BCUT2D eigenvalue weighted by Crippen LogP contribution is 2.29. The average Bonchev–Trinajstić information content (AvgIpc) is 2.72. The van der Waals surface area contributed by atoms with Crippen LogP contribution < -0.4 is 9.47 Å². The molecule has 0 saturated heterocycles. The van der Waals surface area contributed by atoms with E-state index in [1.165, 1.54) is 20.3 Å². The van der Waals surface area contributed by atoms with Crippen LogP contribution in [0.5, 0.6) is 11.5 Å². The lowest BCUT2D eigenvalue weighted by Gasteiger charge is -2.25. The molecule has 0 radical (unpaired) electrons. The van der Waals surface area contributed by atoms with Crippen LogP contribution in [0.15, 0.2) is 48.5 Å². The van der Waals surface area contributed by atoms with Crippen LogP contribution >= 0.6 is 0 Å². The summed E-state index contributed by atoms with van der Waals surface area (Å²) in [5.74, 6) is 0.0662. The summed E-state index contributed by atoms with van der Waals surface area (Å²) < 4.78 is 16.0. The van der Waals surface area contributed by atoms with E-state index in [0.29, 0.717) is 30.2 Å². The van der Waals surface area contributed by atoms with E-state index in [1.807, 2.05) is 32.0 Å². The number of nitrogens with zero attached hydrogens (tertiary/aromatic N) is 1. The van der Waals surface area contributed by atoms with E-state index in [2.05, 4.69) is 0 Å². The molecule has 0 fully saturated rings. The molecule has 2 rings (SSSR count). The van der Waals surface area contributed by atoms with Gasteiger partial charge >= 0.3 is 5.97 Å². The minimum absolute atomic E-state index is 0.250. The molecule has 144 valence electrons. The van der Waals surface area contributed by atoms with Crippen molar-refractivity contribution in [2.75, 3.05) is 27.3 Å². The number of carbonyl (C=O) groups excluding carboxylic acids is 2. The molecule has 2 aromatic carbocycles. The van der Waals surface area contributed by atoms with Crippen LogP contribution in [0.3, 0.4) is 0 Å². The van der Waals surface area contributed by atoms with Crippen molar-refractivity contribution in [2.45, 2.75) is 20.0 Å². The second-order valence-electron chi connectivity index (χ2n) is 5.78. The van der Waals surface area contributed by atoms with E-state index >= 15 is 0 Å². The highest BCUT2D eigenvalue weighted by atomic mass is 16.5. The fourth-order valence-corrected chi connectivity index (χ4v) is 2.73. The molecule has 0 aliphatic heterocycles. The zero-order valence-electron chi connectivity index (χ0n) is 16.1. The molecule has 2 aromatic rings. The molecule has 6 nitrogen and oxygen atoms in total. The summed E-state index contributed by atoms with van der Waals surface area (Å²) in [6, 6.07) is 13.7. The Labute approximate surface area is 159 Å². The van der Waals surface area contributed by atoms with Gasteiger partial charge in [-0.25, -0.2) is 4.79 Å². The standard InChI is InChI=1S/C21H25NO5/c1-5-22(6-2)20(23)19(15-10-8-7-9-11-15)27-21(24)16-12-13-17(25-3)18(14-16)26-4/h7-14,19H,5-6H2,1-4H3/t19-/m0/s1. The number of hydrogen-bond donors (Lipinski definition) is 0. The summed E-state index contributed by atoms with van der Waals surface area (Å²) in [7, 11) is 3.01. The van der Waals surface area contributed by atoms with E-state index in [0.717, 1.165) is 0 Å². The zero-order chi connectivity index (χ0) is 19.8. The number of ether oxygens (including phenoxy) is 3. The Balaban J connectivity index is 2.32. The minimum Gasteiger partial charge on any atom is -0.493 e. The van der Waals surface area contributed by atoms with Crippen LogP contribution in [0.25, 0.3) is 0 Å².